The van der Waals surface area contributed by atoms with Crippen molar-refractivity contribution in [3.8, 4) is 0 Å². The van der Waals surface area contributed by atoms with Gasteiger partial charge in [-0.2, -0.15) is 0 Å². The molecule has 0 heterocycles. The van der Waals surface area contributed by atoms with Crippen molar-refractivity contribution in [2.75, 3.05) is 59.5 Å². The van der Waals surface area contributed by atoms with Gasteiger partial charge in [0.05, 0.1) is 52.9 Å². The molecule has 0 unspecified atom stereocenters. The molecule has 0 rings (SSSR count). The van der Waals surface area contributed by atoms with Gasteiger partial charge in [-0.1, -0.05) is 20.8 Å². The van der Waals surface area contributed by atoms with E-state index in [-0.39, 0.29) is 18.3 Å². The first-order chi connectivity index (χ1) is 11.2. The van der Waals surface area contributed by atoms with Crippen LogP contribution < -0.4 is 0 Å². The maximum absolute atomic E-state index is 10.2. The molecule has 0 spiro atoms. The fourth-order valence-electron chi connectivity index (χ4n) is 1.39. The number of hydrogen-bond donors (Lipinski definition) is 1. The average Bonchev–Trinajstić information content (AvgIpc) is 2.46. The zero-order chi connectivity index (χ0) is 18.5. The molecule has 0 aliphatic heterocycles. The summed E-state index contributed by atoms with van der Waals surface area (Å²) < 4.78 is 26.9. The monoisotopic (exact) mass is 366 g/mol. The number of carboxylic acids is 1. The smallest absolute Gasteiger partial charge is 0.329 e. The summed E-state index contributed by atoms with van der Waals surface area (Å²) in [5.41, 5.74) is 0. The van der Waals surface area contributed by atoms with Crippen LogP contribution in [0, 0.1) is 0 Å². The fraction of sp³-hybridized carbons (Fsp3) is 0.938. The van der Waals surface area contributed by atoms with Gasteiger partial charge in [-0.05, 0) is 18.1 Å². The molecule has 8 heteroatoms. The second-order valence-electron chi connectivity index (χ2n) is 6.89. The van der Waals surface area contributed by atoms with Crippen molar-refractivity contribution in [3.63, 3.8) is 0 Å². The Hall–Kier alpha value is -0.513. The largest absolute Gasteiger partial charge is 0.480 e. The Morgan fingerprint density at radius 1 is 0.792 bits per heavy atom. The van der Waals surface area contributed by atoms with Gasteiger partial charge in [-0.15, -0.1) is 0 Å². The first kappa shape index (κ1) is 23.5. The molecule has 0 bridgehead atoms. The zero-order valence-electron chi connectivity index (χ0n) is 15.8. The molecule has 0 radical (unpaired) electrons. The molecule has 0 saturated heterocycles. The lowest BCUT2D eigenvalue weighted by atomic mass is 10.2. The Morgan fingerprint density at radius 2 is 1.17 bits per heavy atom. The summed E-state index contributed by atoms with van der Waals surface area (Å²) in [6.45, 7) is 14.6. The van der Waals surface area contributed by atoms with Crippen LogP contribution in [-0.4, -0.2) is 78.9 Å². The molecular formula is C16H34O7Si. The maximum atomic E-state index is 10.2. The van der Waals surface area contributed by atoms with Crippen LogP contribution in [0.4, 0.5) is 0 Å². The van der Waals surface area contributed by atoms with Crippen LogP contribution >= 0.6 is 0 Å². The highest BCUT2D eigenvalue weighted by Gasteiger charge is 2.36. The number of rotatable bonds is 15. The van der Waals surface area contributed by atoms with Gasteiger partial charge >= 0.3 is 5.97 Å². The molecule has 0 aromatic rings. The Morgan fingerprint density at radius 3 is 1.54 bits per heavy atom. The molecule has 0 aliphatic rings. The van der Waals surface area contributed by atoms with E-state index in [1.807, 2.05) is 0 Å². The molecule has 0 aromatic carbocycles. The molecule has 0 aromatic heterocycles. The SMILES string of the molecule is CC(C)(C)[Si](C)(C)OCCOCCOCCOCCOCC(=O)O. The summed E-state index contributed by atoms with van der Waals surface area (Å²) in [4.78, 5) is 10.2. The molecule has 0 amide bonds. The van der Waals surface area contributed by atoms with Crippen LogP contribution in [0.1, 0.15) is 20.8 Å². The van der Waals surface area contributed by atoms with Crippen molar-refractivity contribution in [3.05, 3.63) is 0 Å². The number of aliphatic carboxylic acids is 1. The van der Waals surface area contributed by atoms with E-state index in [9.17, 15) is 4.79 Å². The summed E-state index contributed by atoms with van der Waals surface area (Å²) in [5, 5.41) is 8.58. The third kappa shape index (κ3) is 12.9. The topological polar surface area (TPSA) is 83.5 Å². The van der Waals surface area contributed by atoms with Gasteiger partial charge < -0.3 is 28.5 Å². The minimum absolute atomic E-state index is 0.217. The van der Waals surface area contributed by atoms with Crippen molar-refractivity contribution in [2.45, 2.75) is 38.9 Å². The minimum Gasteiger partial charge on any atom is -0.480 e. The van der Waals surface area contributed by atoms with E-state index in [0.29, 0.717) is 46.2 Å². The second-order valence-corrected chi connectivity index (χ2v) is 11.7. The van der Waals surface area contributed by atoms with E-state index in [2.05, 4.69) is 33.9 Å². The third-order valence-corrected chi connectivity index (χ3v) is 8.38. The third-order valence-electron chi connectivity index (χ3n) is 3.84. The molecule has 1 N–H and O–H groups in total. The second kappa shape index (κ2) is 12.8. The molecular weight excluding hydrogens is 332 g/mol. The van der Waals surface area contributed by atoms with E-state index < -0.39 is 14.3 Å². The number of carboxylic acid groups (broad SMARTS) is 1. The van der Waals surface area contributed by atoms with Gasteiger partial charge in [0.15, 0.2) is 8.32 Å². The lowest BCUT2D eigenvalue weighted by Gasteiger charge is -2.36. The normalized spacial score (nSPS) is 12.5. The quantitative estimate of drug-likeness (QED) is 0.351. The average molecular weight is 367 g/mol. The van der Waals surface area contributed by atoms with Crippen molar-refractivity contribution in [2.24, 2.45) is 0 Å². The molecule has 0 aliphatic carbocycles. The molecule has 144 valence electrons. The molecule has 0 atom stereocenters. The van der Waals surface area contributed by atoms with Gasteiger partial charge in [0, 0.05) is 0 Å². The van der Waals surface area contributed by atoms with Crippen molar-refractivity contribution < 1.29 is 33.3 Å². The van der Waals surface area contributed by atoms with Crippen LogP contribution in [0.3, 0.4) is 0 Å². The van der Waals surface area contributed by atoms with Crippen LogP contribution in [0.25, 0.3) is 0 Å². The lowest BCUT2D eigenvalue weighted by Crippen LogP contribution is -2.41. The number of ether oxygens (including phenoxy) is 4. The predicted octanol–water partition coefficient (Wildman–Crippen LogP) is 2.16. The highest BCUT2D eigenvalue weighted by molar-refractivity contribution is 6.74. The van der Waals surface area contributed by atoms with Crippen LogP contribution in [0.2, 0.25) is 18.1 Å². The first-order valence-electron chi connectivity index (χ1n) is 8.33. The van der Waals surface area contributed by atoms with Crippen molar-refractivity contribution in [1.29, 1.82) is 0 Å². The van der Waals surface area contributed by atoms with Gasteiger partial charge in [0.25, 0.3) is 0 Å². The Labute approximate surface area is 146 Å². The molecule has 24 heavy (non-hydrogen) atoms. The lowest BCUT2D eigenvalue weighted by molar-refractivity contribution is -0.142. The van der Waals surface area contributed by atoms with Gasteiger partial charge in [0.2, 0.25) is 0 Å². The molecule has 0 fully saturated rings. The summed E-state index contributed by atoms with van der Waals surface area (Å²) in [7, 11) is -1.68. The Kier molecular flexibility index (Phi) is 12.5. The summed E-state index contributed by atoms with van der Waals surface area (Å²) in [6.07, 6.45) is 0. The fourth-order valence-corrected chi connectivity index (χ4v) is 2.42. The van der Waals surface area contributed by atoms with Crippen molar-refractivity contribution >= 4 is 14.3 Å². The van der Waals surface area contributed by atoms with E-state index in [0.717, 1.165) is 0 Å². The van der Waals surface area contributed by atoms with Gasteiger partial charge in [-0.3, -0.25) is 0 Å². The van der Waals surface area contributed by atoms with E-state index in [1.54, 1.807) is 0 Å². The predicted molar refractivity (Wildman–Crippen MR) is 94.1 cm³/mol. The van der Waals surface area contributed by atoms with Crippen LogP contribution in [-0.2, 0) is 28.2 Å². The first-order valence-corrected chi connectivity index (χ1v) is 11.2. The highest BCUT2D eigenvalue weighted by atomic mass is 28.4. The van der Waals surface area contributed by atoms with E-state index in [1.165, 1.54) is 0 Å². The maximum Gasteiger partial charge on any atom is 0.329 e. The van der Waals surface area contributed by atoms with Crippen molar-refractivity contribution in [1.82, 2.24) is 0 Å². The standard InChI is InChI=1S/C16H34O7Si/c1-16(2,3)24(4,5)23-13-12-21-9-8-19-6-7-20-10-11-22-14-15(17)18/h6-14H2,1-5H3,(H,17,18). The van der Waals surface area contributed by atoms with Crippen LogP contribution in [0.5, 0.6) is 0 Å². The summed E-state index contributed by atoms with van der Waals surface area (Å²) in [6, 6.07) is 0. The number of hydrogen-bond acceptors (Lipinski definition) is 6. The van der Waals surface area contributed by atoms with Gasteiger partial charge in [0.1, 0.15) is 6.61 Å². The molecule has 7 nitrogen and oxygen atoms in total. The Bertz CT molecular complexity index is 329. The number of carbonyl (C=O) groups is 1. The minimum atomic E-state index is -1.68. The van der Waals surface area contributed by atoms with E-state index >= 15 is 0 Å². The zero-order valence-corrected chi connectivity index (χ0v) is 16.8. The summed E-state index contributed by atoms with van der Waals surface area (Å²) in [5.74, 6) is -0.979. The van der Waals surface area contributed by atoms with Crippen LogP contribution in [0.15, 0.2) is 0 Å². The highest BCUT2D eigenvalue weighted by Crippen LogP contribution is 2.36. The van der Waals surface area contributed by atoms with Gasteiger partial charge in [-0.25, -0.2) is 4.79 Å². The van der Waals surface area contributed by atoms with E-state index in [4.69, 9.17) is 28.5 Å². The molecule has 0 saturated carbocycles. The Balaban J connectivity index is 3.28. The summed E-state index contributed by atoms with van der Waals surface area (Å²) >= 11 is 0.